The van der Waals surface area contributed by atoms with Crippen molar-refractivity contribution in [3.63, 3.8) is 0 Å². The van der Waals surface area contributed by atoms with Gasteiger partial charge in [0.15, 0.2) is 0 Å². The van der Waals surface area contributed by atoms with Gasteiger partial charge in [0.05, 0.1) is 7.11 Å². The van der Waals surface area contributed by atoms with Crippen LogP contribution in [0.3, 0.4) is 0 Å². The third-order valence-corrected chi connectivity index (χ3v) is 2.28. The van der Waals surface area contributed by atoms with E-state index in [1.807, 2.05) is 31.3 Å². The summed E-state index contributed by atoms with van der Waals surface area (Å²) in [4.78, 5) is 0. The highest BCUT2D eigenvalue weighted by atomic mass is 16.5. The van der Waals surface area contributed by atoms with Gasteiger partial charge in [-0.3, -0.25) is 0 Å². The molecular formula is C11H17NO2. The minimum atomic E-state index is 0.192. The van der Waals surface area contributed by atoms with Gasteiger partial charge in [-0.1, -0.05) is 12.1 Å². The van der Waals surface area contributed by atoms with Crippen molar-refractivity contribution in [1.82, 2.24) is 5.32 Å². The van der Waals surface area contributed by atoms with Crippen LogP contribution in [0.4, 0.5) is 0 Å². The van der Waals surface area contributed by atoms with Crippen LogP contribution in [0.15, 0.2) is 24.3 Å². The second-order valence-electron chi connectivity index (χ2n) is 3.13. The molecule has 0 aliphatic heterocycles. The Morgan fingerprint density at radius 1 is 1.36 bits per heavy atom. The molecule has 0 radical (unpaired) electrons. The first-order valence-corrected chi connectivity index (χ1v) is 4.74. The topological polar surface area (TPSA) is 41.5 Å². The molecule has 0 spiro atoms. The number of hydrogen-bond acceptors (Lipinski definition) is 3. The molecule has 1 aromatic rings. The van der Waals surface area contributed by atoms with Crippen molar-refractivity contribution in [1.29, 1.82) is 0 Å². The molecule has 0 amide bonds. The lowest BCUT2D eigenvalue weighted by Gasteiger charge is -2.15. The van der Waals surface area contributed by atoms with E-state index in [2.05, 4.69) is 5.32 Å². The van der Waals surface area contributed by atoms with Gasteiger partial charge in [-0.05, 0) is 31.2 Å². The Labute approximate surface area is 84.7 Å². The molecule has 0 heterocycles. The zero-order valence-electron chi connectivity index (χ0n) is 8.66. The van der Waals surface area contributed by atoms with Crippen molar-refractivity contribution in [3.05, 3.63) is 29.8 Å². The van der Waals surface area contributed by atoms with E-state index in [1.54, 1.807) is 7.11 Å². The molecule has 0 aromatic heterocycles. The highest BCUT2D eigenvalue weighted by Gasteiger charge is 2.07. The number of aliphatic hydroxyl groups excluding tert-OH is 1. The summed E-state index contributed by atoms with van der Waals surface area (Å²) < 4.78 is 5.07. The number of hydrogen-bond donors (Lipinski definition) is 2. The highest BCUT2D eigenvalue weighted by molar-refractivity contribution is 5.29. The first-order chi connectivity index (χ1) is 6.81. The number of aliphatic hydroxyl groups is 1. The molecule has 0 aliphatic rings. The van der Waals surface area contributed by atoms with E-state index in [0.717, 1.165) is 12.2 Å². The van der Waals surface area contributed by atoms with Gasteiger partial charge in [0.1, 0.15) is 5.75 Å². The standard InChI is InChI=1S/C11H17NO2/c1-12-11(7-8-13)9-3-5-10(14-2)6-4-9/h3-6,11-13H,7-8H2,1-2H3. The maximum absolute atomic E-state index is 8.87. The molecule has 3 nitrogen and oxygen atoms in total. The Kier molecular flexibility index (Phi) is 4.43. The van der Waals surface area contributed by atoms with E-state index in [-0.39, 0.29) is 12.6 Å². The number of benzene rings is 1. The van der Waals surface area contributed by atoms with Gasteiger partial charge in [-0.15, -0.1) is 0 Å². The van der Waals surface area contributed by atoms with Crippen LogP contribution >= 0.6 is 0 Å². The molecule has 0 saturated heterocycles. The molecule has 0 fully saturated rings. The van der Waals surface area contributed by atoms with E-state index >= 15 is 0 Å². The van der Waals surface area contributed by atoms with Crippen molar-refractivity contribution >= 4 is 0 Å². The summed E-state index contributed by atoms with van der Waals surface area (Å²) in [5, 5.41) is 12.0. The minimum Gasteiger partial charge on any atom is -0.497 e. The number of rotatable bonds is 5. The van der Waals surface area contributed by atoms with Crippen LogP contribution in [0.2, 0.25) is 0 Å². The van der Waals surface area contributed by atoms with Gasteiger partial charge >= 0.3 is 0 Å². The van der Waals surface area contributed by atoms with Crippen LogP contribution in [-0.2, 0) is 0 Å². The van der Waals surface area contributed by atoms with Crippen molar-refractivity contribution in [2.24, 2.45) is 0 Å². The monoisotopic (exact) mass is 195 g/mol. The summed E-state index contributed by atoms with van der Waals surface area (Å²) in [6.45, 7) is 0.192. The lowest BCUT2D eigenvalue weighted by atomic mass is 10.0. The van der Waals surface area contributed by atoms with Gasteiger partial charge in [0.2, 0.25) is 0 Å². The van der Waals surface area contributed by atoms with Crippen molar-refractivity contribution in [2.45, 2.75) is 12.5 Å². The second kappa shape index (κ2) is 5.62. The van der Waals surface area contributed by atoms with E-state index < -0.39 is 0 Å². The van der Waals surface area contributed by atoms with E-state index in [1.165, 1.54) is 5.56 Å². The quantitative estimate of drug-likeness (QED) is 0.745. The fourth-order valence-electron chi connectivity index (χ4n) is 1.44. The van der Waals surface area contributed by atoms with Crippen LogP contribution in [0.1, 0.15) is 18.0 Å². The van der Waals surface area contributed by atoms with Crippen LogP contribution in [0.25, 0.3) is 0 Å². The van der Waals surface area contributed by atoms with Crippen LogP contribution in [0.5, 0.6) is 5.75 Å². The first kappa shape index (κ1) is 11.0. The summed E-state index contributed by atoms with van der Waals surface area (Å²) in [6, 6.07) is 8.09. The summed E-state index contributed by atoms with van der Waals surface area (Å²) >= 11 is 0. The van der Waals surface area contributed by atoms with E-state index in [4.69, 9.17) is 9.84 Å². The van der Waals surface area contributed by atoms with Crippen molar-refractivity contribution in [2.75, 3.05) is 20.8 Å². The molecule has 1 unspecified atom stereocenters. The Morgan fingerprint density at radius 2 is 2.00 bits per heavy atom. The summed E-state index contributed by atoms with van der Waals surface area (Å²) in [7, 11) is 3.54. The molecule has 14 heavy (non-hydrogen) atoms. The highest BCUT2D eigenvalue weighted by Crippen LogP contribution is 2.19. The fraction of sp³-hybridized carbons (Fsp3) is 0.455. The average Bonchev–Trinajstić information content (AvgIpc) is 2.26. The average molecular weight is 195 g/mol. The molecular weight excluding hydrogens is 178 g/mol. The first-order valence-electron chi connectivity index (χ1n) is 4.74. The van der Waals surface area contributed by atoms with Gasteiger partial charge in [0.25, 0.3) is 0 Å². The predicted octanol–water partition coefficient (Wildman–Crippen LogP) is 1.34. The zero-order chi connectivity index (χ0) is 10.4. The molecule has 0 aliphatic carbocycles. The Balaban J connectivity index is 2.73. The van der Waals surface area contributed by atoms with Crippen molar-refractivity contribution in [3.8, 4) is 5.75 Å². The normalized spacial score (nSPS) is 12.5. The van der Waals surface area contributed by atoms with E-state index in [0.29, 0.717) is 0 Å². The number of nitrogens with one attached hydrogen (secondary N) is 1. The number of methoxy groups -OCH3 is 1. The van der Waals surface area contributed by atoms with Crippen LogP contribution in [0, 0.1) is 0 Å². The molecule has 1 aromatic carbocycles. The largest absolute Gasteiger partial charge is 0.497 e. The molecule has 3 heteroatoms. The Bertz CT molecular complexity index is 258. The fourth-order valence-corrected chi connectivity index (χ4v) is 1.44. The lowest BCUT2D eigenvalue weighted by Crippen LogP contribution is -2.17. The van der Waals surface area contributed by atoms with Gasteiger partial charge < -0.3 is 15.2 Å². The van der Waals surface area contributed by atoms with Crippen molar-refractivity contribution < 1.29 is 9.84 Å². The molecule has 0 saturated carbocycles. The predicted molar refractivity (Wildman–Crippen MR) is 56.5 cm³/mol. The third kappa shape index (κ3) is 2.72. The Morgan fingerprint density at radius 3 is 2.43 bits per heavy atom. The SMILES string of the molecule is CNC(CCO)c1ccc(OC)cc1. The molecule has 1 atom stereocenters. The van der Waals surface area contributed by atoms with Gasteiger partial charge in [0, 0.05) is 12.6 Å². The molecule has 0 bridgehead atoms. The number of ether oxygens (including phenoxy) is 1. The van der Waals surface area contributed by atoms with Gasteiger partial charge in [-0.2, -0.15) is 0 Å². The van der Waals surface area contributed by atoms with Gasteiger partial charge in [-0.25, -0.2) is 0 Å². The Hall–Kier alpha value is -1.06. The van der Waals surface area contributed by atoms with Crippen LogP contribution in [-0.4, -0.2) is 25.9 Å². The zero-order valence-corrected chi connectivity index (χ0v) is 8.66. The molecule has 2 N–H and O–H groups in total. The smallest absolute Gasteiger partial charge is 0.118 e. The maximum Gasteiger partial charge on any atom is 0.118 e. The molecule has 1 rings (SSSR count). The summed E-state index contributed by atoms with van der Waals surface area (Å²) in [5.41, 5.74) is 1.17. The third-order valence-electron chi connectivity index (χ3n) is 2.28. The van der Waals surface area contributed by atoms with Crippen LogP contribution < -0.4 is 10.1 Å². The summed E-state index contributed by atoms with van der Waals surface area (Å²) in [6.07, 6.45) is 0.725. The van der Waals surface area contributed by atoms with E-state index in [9.17, 15) is 0 Å². The lowest BCUT2D eigenvalue weighted by molar-refractivity contribution is 0.269. The maximum atomic E-state index is 8.87. The second-order valence-corrected chi connectivity index (χ2v) is 3.13. The minimum absolute atomic E-state index is 0.192. The molecule has 78 valence electrons. The summed E-state index contributed by atoms with van der Waals surface area (Å²) in [5.74, 6) is 0.854.